The first kappa shape index (κ1) is 15.1. The van der Waals surface area contributed by atoms with Gasteiger partial charge >= 0.3 is 0 Å². The Bertz CT molecular complexity index is 1050. The van der Waals surface area contributed by atoms with Crippen molar-refractivity contribution in [3.05, 3.63) is 94.1 Å². The lowest BCUT2D eigenvalue weighted by molar-refractivity contribution is -0.384. The molecule has 3 aromatic rings. The second-order valence-electron chi connectivity index (χ2n) is 7.04. The first-order chi connectivity index (χ1) is 12.7. The number of allylic oxidation sites excluding steroid dienone is 2. The molecular weight excluding hydrogens is 324 g/mol. The predicted octanol–water partition coefficient (Wildman–Crippen LogP) is 5.57. The summed E-state index contributed by atoms with van der Waals surface area (Å²) in [5.74, 6) is 0.588. The molecule has 3 aromatic carbocycles. The molecule has 4 heteroatoms. The van der Waals surface area contributed by atoms with Crippen molar-refractivity contribution in [2.75, 3.05) is 5.32 Å². The molecule has 0 radical (unpaired) electrons. The molecule has 4 nitrogen and oxygen atoms in total. The van der Waals surface area contributed by atoms with Gasteiger partial charge in [-0.05, 0) is 34.2 Å². The van der Waals surface area contributed by atoms with Gasteiger partial charge in [0, 0.05) is 12.0 Å². The van der Waals surface area contributed by atoms with E-state index >= 15 is 0 Å². The third-order valence-corrected chi connectivity index (χ3v) is 5.73. The summed E-state index contributed by atoms with van der Waals surface area (Å²) in [6, 6.07) is 20.1. The van der Waals surface area contributed by atoms with Crippen molar-refractivity contribution >= 4 is 22.1 Å². The van der Waals surface area contributed by atoms with Crippen LogP contribution in [0.3, 0.4) is 0 Å². The van der Waals surface area contributed by atoms with Crippen molar-refractivity contribution in [1.82, 2.24) is 0 Å². The minimum Gasteiger partial charge on any atom is -0.372 e. The number of anilines is 1. The maximum atomic E-state index is 11.6. The standard InChI is InChI=1S/C22H18N2O2/c25-24(26)20-13-5-12-19-16-9-4-11-18(16)21(23-22(19)20)17-10-3-7-14-6-1-2-8-15(14)17/h1-10,12-13,16,18,21,23H,11H2/t16-,18+,21-/m0/s1. The number of nitro groups is 1. The Morgan fingerprint density at radius 3 is 2.62 bits per heavy atom. The van der Waals surface area contributed by atoms with Gasteiger partial charge in [-0.3, -0.25) is 10.1 Å². The average molecular weight is 342 g/mol. The van der Waals surface area contributed by atoms with Crippen LogP contribution in [0.4, 0.5) is 11.4 Å². The van der Waals surface area contributed by atoms with Crippen molar-refractivity contribution in [3.8, 4) is 0 Å². The number of nitrogens with one attached hydrogen (secondary N) is 1. The number of hydrogen-bond donors (Lipinski definition) is 1. The summed E-state index contributed by atoms with van der Waals surface area (Å²) in [4.78, 5) is 11.3. The first-order valence-electron chi connectivity index (χ1n) is 8.92. The van der Waals surface area contributed by atoms with E-state index in [-0.39, 0.29) is 22.6 Å². The number of fused-ring (bicyclic) bond motifs is 4. The molecule has 1 aliphatic heterocycles. The smallest absolute Gasteiger partial charge is 0.292 e. The number of nitro benzene ring substituents is 1. The van der Waals surface area contributed by atoms with Crippen molar-refractivity contribution < 1.29 is 4.92 Å². The Labute approximate surface area is 151 Å². The van der Waals surface area contributed by atoms with Crippen molar-refractivity contribution in [2.24, 2.45) is 5.92 Å². The van der Waals surface area contributed by atoms with E-state index in [1.54, 1.807) is 12.1 Å². The average Bonchev–Trinajstić information content (AvgIpc) is 3.16. The van der Waals surface area contributed by atoms with Gasteiger partial charge in [0.1, 0.15) is 5.69 Å². The zero-order valence-electron chi connectivity index (χ0n) is 14.1. The molecule has 0 saturated heterocycles. The normalized spacial score (nSPS) is 23.3. The third kappa shape index (κ3) is 2.15. The van der Waals surface area contributed by atoms with Crippen molar-refractivity contribution in [2.45, 2.75) is 18.4 Å². The lowest BCUT2D eigenvalue weighted by atomic mass is 9.76. The highest BCUT2D eigenvalue weighted by Crippen LogP contribution is 2.52. The molecule has 5 rings (SSSR count). The van der Waals surface area contributed by atoms with Crippen LogP contribution in [0.1, 0.15) is 29.5 Å². The molecular formula is C22H18N2O2. The fraction of sp³-hybridized carbons (Fsp3) is 0.182. The van der Waals surface area contributed by atoms with E-state index in [0.717, 1.165) is 12.0 Å². The summed E-state index contributed by atoms with van der Waals surface area (Å²) in [6.07, 6.45) is 5.41. The number of para-hydroxylation sites is 1. The largest absolute Gasteiger partial charge is 0.372 e. The maximum absolute atomic E-state index is 11.6. The topological polar surface area (TPSA) is 55.2 Å². The second-order valence-corrected chi connectivity index (χ2v) is 7.04. The van der Waals surface area contributed by atoms with Crippen LogP contribution < -0.4 is 5.32 Å². The zero-order chi connectivity index (χ0) is 17.7. The van der Waals surface area contributed by atoms with Crippen LogP contribution in [0.25, 0.3) is 10.8 Å². The summed E-state index contributed by atoms with van der Waals surface area (Å²) in [5, 5.41) is 17.5. The lowest BCUT2D eigenvalue weighted by Gasteiger charge is -2.37. The van der Waals surface area contributed by atoms with E-state index in [1.807, 2.05) is 12.1 Å². The van der Waals surface area contributed by atoms with E-state index in [0.29, 0.717) is 11.6 Å². The van der Waals surface area contributed by atoms with Crippen LogP contribution in [0.15, 0.2) is 72.8 Å². The molecule has 128 valence electrons. The fourth-order valence-electron chi connectivity index (χ4n) is 4.59. The van der Waals surface area contributed by atoms with Gasteiger partial charge in [0.2, 0.25) is 0 Å². The lowest BCUT2D eigenvalue weighted by Crippen LogP contribution is -2.29. The SMILES string of the molecule is O=[N+]([O-])c1cccc2c1N[C@@H](c1cccc3ccccc13)[C@@H]1CC=C[C@H]21. The summed E-state index contributed by atoms with van der Waals surface area (Å²) in [6.45, 7) is 0. The van der Waals surface area contributed by atoms with Crippen LogP contribution in [0.5, 0.6) is 0 Å². The molecule has 0 bridgehead atoms. The number of benzene rings is 3. The number of nitrogens with zero attached hydrogens (tertiary/aromatic N) is 1. The molecule has 0 fully saturated rings. The molecule has 0 spiro atoms. The third-order valence-electron chi connectivity index (χ3n) is 5.73. The first-order valence-corrected chi connectivity index (χ1v) is 8.92. The number of rotatable bonds is 2. The van der Waals surface area contributed by atoms with Crippen LogP contribution in [-0.2, 0) is 0 Å². The van der Waals surface area contributed by atoms with Crippen molar-refractivity contribution in [3.63, 3.8) is 0 Å². The van der Waals surface area contributed by atoms with Crippen LogP contribution >= 0.6 is 0 Å². The second kappa shape index (κ2) is 5.70. The molecule has 1 heterocycles. The highest BCUT2D eigenvalue weighted by atomic mass is 16.6. The van der Waals surface area contributed by atoms with Gasteiger partial charge in [-0.2, -0.15) is 0 Å². The Kier molecular flexibility index (Phi) is 3.32. The van der Waals surface area contributed by atoms with Crippen LogP contribution in [0.2, 0.25) is 0 Å². The maximum Gasteiger partial charge on any atom is 0.292 e. The predicted molar refractivity (Wildman–Crippen MR) is 103 cm³/mol. The van der Waals surface area contributed by atoms with Gasteiger partial charge in [-0.1, -0.05) is 66.7 Å². The van der Waals surface area contributed by atoms with Gasteiger partial charge in [0.25, 0.3) is 5.69 Å². The van der Waals surface area contributed by atoms with Gasteiger partial charge in [-0.15, -0.1) is 0 Å². The molecule has 0 aromatic heterocycles. The molecule has 1 aliphatic carbocycles. The van der Waals surface area contributed by atoms with Gasteiger partial charge in [-0.25, -0.2) is 0 Å². The molecule has 3 atom stereocenters. The Balaban J connectivity index is 1.71. The van der Waals surface area contributed by atoms with Crippen LogP contribution in [0, 0.1) is 16.0 Å². The zero-order valence-corrected chi connectivity index (χ0v) is 14.1. The van der Waals surface area contributed by atoms with E-state index < -0.39 is 0 Å². The molecule has 0 unspecified atom stereocenters. The minimum atomic E-state index is -0.287. The summed E-state index contributed by atoms with van der Waals surface area (Å²) >= 11 is 0. The van der Waals surface area contributed by atoms with Crippen molar-refractivity contribution in [1.29, 1.82) is 0 Å². The van der Waals surface area contributed by atoms with E-state index in [1.165, 1.54) is 16.3 Å². The highest BCUT2D eigenvalue weighted by Gasteiger charge is 2.40. The van der Waals surface area contributed by atoms with E-state index in [9.17, 15) is 10.1 Å². The summed E-state index contributed by atoms with van der Waals surface area (Å²) in [5.41, 5.74) is 3.08. The molecule has 0 amide bonds. The van der Waals surface area contributed by atoms with Crippen LogP contribution in [-0.4, -0.2) is 4.92 Å². The number of hydrogen-bond acceptors (Lipinski definition) is 3. The Hall–Kier alpha value is -3.14. The van der Waals surface area contributed by atoms with E-state index in [4.69, 9.17) is 0 Å². The molecule has 1 N–H and O–H groups in total. The Morgan fingerprint density at radius 1 is 0.962 bits per heavy atom. The highest BCUT2D eigenvalue weighted by molar-refractivity contribution is 5.87. The molecule has 0 saturated carbocycles. The summed E-state index contributed by atoms with van der Waals surface area (Å²) < 4.78 is 0. The van der Waals surface area contributed by atoms with Gasteiger partial charge in [0.15, 0.2) is 0 Å². The fourth-order valence-corrected chi connectivity index (χ4v) is 4.59. The molecule has 2 aliphatic rings. The summed E-state index contributed by atoms with van der Waals surface area (Å²) in [7, 11) is 0. The van der Waals surface area contributed by atoms with Gasteiger partial charge < -0.3 is 5.32 Å². The van der Waals surface area contributed by atoms with Gasteiger partial charge in [0.05, 0.1) is 11.0 Å². The minimum absolute atomic E-state index is 0.0506. The molecule has 26 heavy (non-hydrogen) atoms. The van der Waals surface area contributed by atoms with E-state index in [2.05, 4.69) is 53.9 Å². The Morgan fingerprint density at radius 2 is 1.73 bits per heavy atom. The quantitative estimate of drug-likeness (QED) is 0.376. The monoisotopic (exact) mass is 342 g/mol.